The number of fused-ring (bicyclic) bond motifs is 3. The van der Waals surface area contributed by atoms with Crippen LogP contribution in [0.25, 0.3) is 0 Å². The second kappa shape index (κ2) is 7.45. The molecule has 0 amide bonds. The number of aromatic nitrogens is 1. The van der Waals surface area contributed by atoms with Gasteiger partial charge in [-0.1, -0.05) is 25.1 Å². The minimum atomic E-state index is -0.279. The Morgan fingerprint density at radius 1 is 1.39 bits per heavy atom. The number of Topliss-reactive ketones (excluding diaryl/α,β-unsaturated/α-hetero) is 1. The van der Waals surface area contributed by atoms with Crippen LogP contribution in [0.4, 0.5) is 0 Å². The number of esters is 1. The van der Waals surface area contributed by atoms with Crippen molar-refractivity contribution < 1.29 is 19.1 Å². The van der Waals surface area contributed by atoms with Crippen molar-refractivity contribution in [2.24, 2.45) is 23.0 Å². The quantitative estimate of drug-likeness (QED) is 0.755. The minimum absolute atomic E-state index is 0.0170. The van der Waals surface area contributed by atoms with Gasteiger partial charge in [0, 0.05) is 49.4 Å². The van der Waals surface area contributed by atoms with E-state index in [1.165, 1.54) is 6.92 Å². The first kappa shape index (κ1) is 20.2. The van der Waals surface area contributed by atoms with Crippen LogP contribution in [0.5, 0.6) is 0 Å². The highest BCUT2D eigenvalue weighted by Crippen LogP contribution is 2.60. The second-order valence-corrected chi connectivity index (χ2v) is 9.41. The number of hydrogen-bond acceptors (Lipinski definition) is 6. The first-order valence-corrected chi connectivity index (χ1v) is 11.0. The molecule has 3 aliphatic carbocycles. The van der Waals surface area contributed by atoms with E-state index >= 15 is 0 Å². The van der Waals surface area contributed by atoms with Gasteiger partial charge >= 0.3 is 5.97 Å². The Hall–Kier alpha value is -2.73. The molecule has 6 heteroatoms. The lowest BCUT2D eigenvalue weighted by molar-refractivity contribution is -0.147. The normalized spacial score (nSPS) is 36.2. The monoisotopic (exact) mass is 420 g/mol. The number of hydrogen-bond donors (Lipinski definition) is 1. The van der Waals surface area contributed by atoms with Crippen LogP contribution >= 0.6 is 0 Å². The highest BCUT2D eigenvalue weighted by atomic mass is 16.5. The van der Waals surface area contributed by atoms with Crippen LogP contribution in [0.2, 0.25) is 0 Å². The van der Waals surface area contributed by atoms with Crippen molar-refractivity contribution in [3.05, 3.63) is 65.2 Å². The summed E-state index contributed by atoms with van der Waals surface area (Å²) in [5, 5.41) is 0. The van der Waals surface area contributed by atoms with Crippen molar-refractivity contribution in [1.29, 1.82) is 0 Å². The van der Waals surface area contributed by atoms with Gasteiger partial charge in [0.15, 0.2) is 5.78 Å². The first-order chi connectivity index (χ1) is 14.9. The molecular weight excluding hydrogens is 392 g/mol. The summed E-state index contributed by atoms with van der Waals surface area (Å²) in [6, 6.07) is 3.97. The summed E-state index contributed by atoms with van der Waals surface area (Å²) < 4.78 is 12.4. The van der Waals surface area contributed by atoms with E-state index in [2.05, 4.69) is 30.1 Å². The smallest absolute Gasteiger partial charge is 0.302 e. The van der Waals surface area contributed by atoms with Gasteiger partial charge in [-0.3, -0.25) is 14.6 Å². The van der Waals surface area contributed by atoms with E-state index in [1.54, 1.807) is 6.20 Å². The number of nitrogens with zero attached hydrogens (tertiary/aromatic N) is 1. The predicted octanol–water partition coefficient (Wildman–Crippen LogP) is 3.21. The van der Waals surface area contributed by atoms with Gasteiger partial charge in [0.1, 0.15) is 18.0 Å². The molecule has 6 atom stereocenters. The zero-order chi connectivity index (χ0) is 21.8. The molecule has 0 spiro atoms. The maximum Gasteiger partial charge on any atom is 0.302 e. The third-order valence-electron chi connectivity index (χ3n) is 7.48. The Morgan fingerprint density at radius 3 is 2.94 bits per heavy atom. The van der Waals surface area contributed by atoms with Gasteiger partial charge in [0.05, 0.1) is 5.57 Å². The molecule has 4 aliphatic rings. The number of rotatable bonds is 3. The van der Waals surface area contributed by atoms with Gasteiger partial charge in [0.2, 0.25) is 0 Å². The molecule has 2 N–H and O–H groups in total. The Morgan fingerprint density at radius 2 is 2.23 bits per heavy atom. The van der Waals surface area contributed by atoms with Crippen LogP contribution in [0, 0.1) is 17.3 Å². The van der Waals surface area contributed by atoms with E-state index in [0.29, 0.717) is 31.4 Å². The highest BCUT2D eigenvalue weighted by molar-refractivity contribution is 6.00. The molecule has 1 saturated carbocycles. The summed E-state index contributed by atoms with van der Waals surface area (Å²) in [6.45, 7) is 4.15. The maximum atomic E-state index is 12.6. The molecule has 0 radical (unpaired) electrons. The molecule has 2 heterocycles. The molecule has 0 bridgehead atoms. The zero-order valence-corrected chi connectivity index (χ0v) is 17.9. The molecule has 6 nitrogen and oxygen atoms in total. The van der Waals surface area contributed by atoms with Crippen molar-refractivity contribution in [3.63, 3.8) is 0 Å². The Balaban J connectivity index is 1.54. The fraction of sp³-hybridized carbons (Fsp3) is 0.480. The van der Waals surface area contributed by atoms with E-state index in [-0.39, 0.29) is 47.1 Å². The lowest BCUT2D eigenvalue weighted by Gasteiger charge is -2.44. The SMILES string of the molecule is CC(=O)OC1C[C@H]2[C@@H]3OC4=C(C=C3C=C[C@]2(C)[C@H]1c1cccnc1)C(=O)CC(CN)C4. The molecule has 162 valence electrons. The first-order valence-electron chi connectivity index (χ1n) is 11.0. The van der Waals surface area contributed by atoms with Crippen molar-refractivity contribution in [2.45, 2.75) is 51.2 Å². The number of carbonyl (C=O) groups is 2. The Kier molecular flexibility index (Phi) is 4.85. The molecule has 1 fully saturated rings. The van der Waals surface area contributed by atoms with Crippen molar-refractivity contribution in [1.82, 2.24) is 4.98 Å². The number of ether oxygens (including phenoxy) is 2. The lowest BCUT2D eigenvalue weighted by Crippen LogP contribution is -2.41. The predicted molar refractivity (Wildman–Crippen MR) is 115 cm³/mol. The minimum Gasteiger partial charge on any atom is -0.489 e. The molecular formula is C25H28N2O4. The van der Waals surface area contributed by atoms with E-state index in [9.17, 15) is 9.59 Å². The number of pyridine rings is 1. The van der Waals surface area contributed by atoms with Gasteiger partial charge in [-0.05, 0) is 42.2 Å². The summed E-state index contributed by atoms with van der Waals surface area (Å²) in [5.41, 5.74) is 8.37. The van der Waals surface area contributed by atoms with E-state index in [4.69, 9.17) is 15.2 Å². The summed E-state index contributed by atoms with van der Waals surface area (Å²) in [6.07, 6.45) is 11.4. The Bertz CT molecular complexity index is 1010. The van der Waals surface area contributed by atoms with Crippen LogP contribution in [0.15, 0.2) is 59.7 Å². The molecule has 1 aromatic heterocycles. The van der Waals surface area contributed by atoms with Crippen LogP contribution in [0.3, 0.4) is 0 Å². The number of carbonyl (C=O) groups excluding carboxylic acids is 2. The molecule has 0 aromatic carbocycles. The highest BCUT2D eigenvalue weighted by Gasteiger charge is 2.58. The summed E-state index contributed by atoms with van der Waals surface area (Å²) in [7, 11) is 0. The van der Waals surface area contributed by atoms with Gasteiger partial charge in [-0.15, -0.1) is 0 Å². The van der Waals surface area contributed by atoms with Gasteiger partial charge < -0.3 is 15.2 Å². The average Bonchev–Trinajstić information content (AvgIpc) is 3.04. The van der Waals surface area contributed by atoms with Gasteiger partial charge in [0.25, 0.3) is 0 Å². The largest absolute Gasteiger partial charge is 0.489 e. The Labute approximate surface area is 182 Å². The van der Waals surface area contributed by atoms with Gasteiger partial charge in [-0.2, -0.15) is 0 Å². The topological polar surface area (TPSA) is 91.5 Å². The molecule has 2 unspecified atom stereocenters. The average molecular weight is 421 g/mol. The van der Waals surface area contributed by atoms with Crippen molar-refractivity contribution >= 4 is 11.8 Å². The molecule has 31 heavy (non-hydrogen) atoms. The van der Waals surface area contributed by atoms with Crippen molar-refractivity contribution in [3.8, 4) is 0 Å². The molecule has 5 rings (SSSR count). The van der Waals surface area contributed by atoms with E-state index in [0.717, 1.165) is 16.9 Å². The van der Waals surface area contributed by atoms with Crippen LogP contribution in [0.1, 0.15) is 44.6 Å². The van der Waals surface area contributed by atoms with Crippen LogP contribution in [-0.2, 0) is 19.1 Å². The fourth-order valence-electron chi connectivity index (χ4n) is 6.03. The lowest BCUT2D eigenvalue weighted by atomic mass is 9.64. The third-order valence-corrected chi connectivity index (χ3v) is 7.48. The standard InChI is InChI=1S/C25H28N2O4/c1-14(28)30-22-11-19-24-16(10-18-20(29)8-15(12-26)9-21(18)31-24)5-6-25(19,2)23(22)17-4-3-7-27-13-17/h3-7,10,13,15,19,22-24H,8-9,11-12,26H2,1-2H3/t15?,19-,22?,23-,24+,25-/m0/s1. The summed E-state index contributed by atoms with van der Waals surface area (Å²) in [5.74, 6) is 0.831. The molecule has 0 saturated heterocycles. The maximum absolute atomic E-state index is 12.6. The van der Waals surface area contributed by atoms with Crippen LogP contribution < -0.4 is 5.73 Å². The van der Waals surface area contributed by atoms with Crippen molar-refractivity contribution in [2.75, 3.05) is 6.54 Å². The molecule has 1 aromatic rings. The van der Waals surface area contributed by atoms with E-state index < -0.39 is 0 Å². The number of allylic oxidation sites excluding steroid dienone is 4. The second-order valence-electron chi connectivity index (χ2n) is 9.41. The third kappa shape index (κ3) is 3.24. The molecule has 1 aliphatic heterocycles. The summed E-state index contributed by atoms with van der Waals surface area (Å²) in [4.78, 5) is 28.9. The number of ketones is 1. The fourth-order valence-corrected chi connectivity index (χ4v) is 6.03. The van der Waals surface area contributed by atoms with Crippen LogP contribution in [-0.4, -0.2) is 35.5 Å². The summed E-state index contributed by atoms with van der Waals surface area (Å²) >= 11 is 0. The number of nitrogens with two attached hydrogens (primary N) is 1. The zero-order valence-electron chi connectivity index (χ0n) is 17.9. The van der Waals surface area contributed by atoms with Gasteiger partial charge in [-0.25, -0.2) is 0 Å². The van der Waals surface area contributed by atoms with E-state index in [1.807, 2.05) is 18.3 Å².